The summed E-state index contributed by atoms with van der Waals surface area (Å²) < 4.78 is 40.4. The smallest absolute Gasteiger partial charge is 0.515 e. The number of rotatable bonds is 3. The minimum absolute atomic E-state index is 0.309. The molecule has 0 saturated carbocycles. The van der Waals surface area contributed by atoms with Gasteiger partial charge in [-0.1, -0.05) is 12.1 Å². The van der Waals surface area contributed by atoms with Gasteiger partial charge >= 0.3 is 6.98 Å². The van der Waals surface area contributed by atoms with Crippen molar-refractivity contribution >= 4 is 6.98 Å². The molecule has 1 aromatic rings. The van der Waals surface area contributed by atoms with Gasteiger partial charge < -0.3 is 17.7 Å². The third-order valence-corrected chi connectivity index (χ3v) is 1.77. The molecule has 5 heteroatoms. The SMILES string of the molecule is Cc1ccc(C)c(OC[B-](F)(F)F)c1. The summed E-state index contributed by atoms with van der Waals surface area (Å²) in [5, 5.41) is 0. The predicted molar refractivity (Wildman–Crippen MR) is 50.5 cm³/mol. The van der Waals surface area contributed by atoms with Crippen molar-refractivity contribution in [2.45, 2.75) is 13.8 Å². The highest BCUT2D eigenvalue weighted by atomic mass is 19.4. The third kappa shape index (κ3) is 3.32. The van der Waals surface area contributed by atoms with Crippen LogP contribution in [-0.4, -0.2) is 13.5 Å². The monoisotopic (exact) mass is 203 g/mol. The van der Waals surface area contributed by atoms with Crippen LogP contribution in [0.1, 0.15) is 11.1 Å². The van der Waals surface area contributed by atoms with E-state index in [1.54, 1.807) is 19.1 Å². The third-order valence-electron chi connectivity index (χ3n) is 1.77. The van der Waals surface area contributed by atoms with E-state index in [2.05, 4.69) is 4.74 Å². The minimum atomic E-state index is -4.88. The molecule has 14 heavy (non-hydrogen) atoms. The van der Waals surface area contributed by atoms with Gasteiger partial charge in [0.25, 0.3) is 0 Å². The highest BCUT2D eigenvalue weighted by molar-refractivity contribution is 6.58. The molecule has 0 aliphatic carbocycles. The molecule has 0 fully saturated rings. The largest absolute Gasteiger partial charge is 0.521 e. The van der Waals surface area contributed by atoms with E-state index in [0.717, 1.165) is 11.1 Å². The minimum Gasteiger partial charge on any atom is -0.521 e. The van der Waals surface area contributed by atoms with Crippen LogP contribution in [-0.2, 0) is 0 Å². The Morgan fingerprint density at radius 2 is 1.86 bits per heavy atom. The molecule has 0 saturated heterocycles. The number of hydrogen-bond acceptors (Lipinski definition) is 1. The molecule has 0 N–H and O–H groups in total. The Kier molecular flexibility index (Phi) is 3.08. The fraction of sp³-hybridized carbons (Fsp3) is 0.333. The maximum atomic E-state index is 11.9. The molecule has 0 aromatic heterocycles. The molecule has 0 bridgehead atoms. The first-order valence-corrected chi connectivity index (χ1v) is 4.29. The first-order valence-electron chi connectivity index (χ1n) is 4.29. The highest BCUT2D eigenvalue weighted by Gasteiger charge is 2.24. The molecule has 0 unspecified atom stereocenters. The van der Waals surface area contributed by atoms with Crippen molar-refractivity contribution in [1.29, 1.82) is 0 Å². The second-order valence-electron chi connectivity index (χ2n) is 3.29. The molecule has 1 rings (SSSR count). The molecule has 0 heterocycles. The van der Waals surface area contributed by atoms with Crippen molar-refractivity contribution in [3.8, 4) is 5.75 Å². The fourth-order valence-corrected chi connectivity index (χ4v) is 1.05. The summed E-state index contributed by atoms with van der Waals surface area (Å²) >= 11 is 0. The summed E-state index contributed by atoms with van der Waals surface area (Å²) in [6.45, 7) is -2.52. The van der Waals surface area contributed by atoms with E-state index in [0.29, 0.717) is 5.75 Å². The number of halogens is 3. The molecule has 78 valence electrons. The molecule has 1 nitrogen and oxygen atoms in total. The van der Waals surface area contributed by atoms with E-state index < -0.39 is 13.5 Å². The summed E-state index contributed by atoms with van der Waals surface area (Å²) in [4.78, 5) is 0. The molecule has 0 spiro atoms. The Morgan fingerprint density at radius 1 is 1.21 bits per heavy atom. The van der Waals surface area contributed by atoms with Crippen LogP contribution >= 0.6 is 0 Å². The molecular weight excluding hydrogens is 192 g/mol. The summed E-state index contributed by atoms with van der Waals surface area (Å²) in [6, 6.07) is 5.19. The van der Waals surface area contributed by atoms with Crippen molar-refractivity contribution in [3.63, 3.8) is 0 Å². The zero-order valence-corrected chi connectivity index (χ0v) is 8.06. The standard InChI is InChI=1S/C9H11BF3O/c1-7-3-4-8(2)9(5-7)14-6-10(11,12)13/h3-5H,6H2,1-2H3/q-1. The van der Waals surface area contributed by atoms with Crippen LogP contribution in [0.5, 0.6) is 5.75 Å². The second-order valence-corrected chi connectivity index (χ2v) is 3.29. The first-order chi connectivity index (χ1) is 6.38. The Bertz CT molecular complexity index is 322. The van der Waals surface area contributed by atoms with Crippen LogP contribution in [0.3, 0.4) is 0 Å². The predicted octanol–water partition coefficient (Wildman–Crippen LogP) is 3.07. The maximum absolute atomic E-state index is 11.9. The van der Waals surface area contributed by atoms with Gasteiger partial charge in [-0.3, -0.25) is 0 Å². The van der Waals surface area contributed by atoms with Gasteiger partial charge in [-0.15, -0.1) is 0 Å². The normalized spacial score (nSPS) is 11.5. The first kappa shape index (κ1) is 11.0. The van der Waals surface area contributed by atoms with Gasteiger partial charge in [-0.05, 0) is 31.0 Å². The zero-order valence-electron chi connectivity index (χ0n) is 8.06. The molecule has 0 atom stereocenters. The molecular formula is C9H11BF3O-. The van der Waals surface area contributed by atoms with Crippen molar-refractivity contribution in [3.05, 3.63) is 29.3 Å². The zero-order chi connectivity index (χ0) is 10.8. The van der Waals surface area contributed by atoms with Crippen LogP contribution < -0.4 is 4.74 Å². The van der Waals surface area contributed by atoms with Gasteiger partial charge in [0.1, 0.15) is 5.75 Å². The van der Waals surface area contributed by atoms with Gasteiger partial charge in [-0.25, -0.2) is 0 Å². The lowest BCUT2D eigenvalue weighted by atomic mass is 9.95. The maximum Gasteiger partial charge on any atom is 0.515 e. The van der Waals surface area contributed by atoms with Crippen molar-refractivity contribution in [2.75, 3.05) is 6.51 Å². The summed E-state index contributed by atoms with van der Waals surface area (Å²) in [5.74, 6) is 0.309. The summed E-state index contributed by atoms with van der Waals surface area (Å²) in [6.07, 6.45) is 0. The Hall–Kier alpha value is -1.13. The van der Waals surface area contributed by atoms with Gasteiger partial charge in [0, 0.05) is 0 Å². The Labute approximate surface area is 80.9 Å². The Morgan fingerprint density at radius 3 is 2.43 bits per heavy atom. The van der Waals surface area contributed by atoms with Gasteiger partial charge in [0.15, 0.2) is 0 Å². The second kappa shape index (κ2) is 3.94. The lowest BCUT2D eigenvalue weighted by Gasteiger charge is -2.16. The van der Waals surface area contributed by atoms with E-state index in [1.165, 1.54) is 0 Å². The van der Waals surface area contributed by atoms with Crippen LogP contribution in [0.4, 0.5) is 12.9 Å². The number of aryl methyl sites for hydroxylation is 2. The van der Waals surface area contributed by atoms with E-state index >= 15 is 0 Å². The van der Waals surface area contributed by atoms with Crippen LogP contribution in [0.25, 0.3) is 0 Å². The summed E-state index contributed by atoms with van der Waals surface area (Å²) in [7, 11) is 0. The number of benzene rings is 1. The molecule has 0 radical (unpaired) electrons. The van der Waals surface area contributed by atoms with E-state index in [9.17, 15) is 12.9 Å². The van der Waals surface area contributed by atoms with Crippen molar-refractivity contribution in [2.24, 2.45) is 0 Å². The average Bonchev–Trinajstić information content (AvgIpc) is 2.05. The topological polar surface area (TPSA) is 9.23 Å². The van der Waals surface area contributed by atoms with Crippen LogP contribution in [0.2, 0.25) is 0 Å². The number of hydrogen-bond donors (Lipinski definition) is 0. The van der Waals surface area contributed by atoms with Gasteiger partial charge in [0.05, 0.1) is 6.51 Å². The van der Waals surface area contributed by atoms with Crippen molar-refractivity contribution < 1.29 is 17.7 Å². The van der Waals surface area contributed by atoms with Crippen LogP contribution in [0, 0.1) is 13.8 Å². The quantitative estimate of drug-likeness (QED) is 0.685. The van der Waals surface area contributed by atoms with E-state index in [1.807, 2.05) is 13.0 Å². The van der Waals surface area contributed by atoms with E-state index in [-0.39, 0.29) is 0 Å². The summed E-state index contributed by atoms with van der Waals surface area (Å²) in [5.41, 5.74) is 1.61. The Balaban J connectivity index is 2.72. The molecule has 0 amide bonds. The van der Waals surface area contributed by atoms with Gasteiger partial charge in [0.2, 0.25) is 0 Å². The molecule has 0 aliphatic heterocycles. The van der Waals surface area contributed by atoms with E-state index in [4.69, 9.17) is 0 Å². The fourth-order valence-electron chi connectivity index (χ4n) is 1.05. The van der Waals surface area contributed by atoms with Gasteiger partial charge in [-0.2, -0.15) is 0 Å². The highest BCUT2D eigenvalue weighted by Crippen LogP contribution is 2.20. The van der Waals surface area contributed by atoms with Crippen molar-refractivity contribution in [1.82, 2.24) is 0 Å². The molecule has 1 aromatic carbocycles. The average molecular weight is 203 g/mol. The number of ether oxygens (including phenoxy) is 1. The lowest BCUT2D eigenvalue weighted by molar-refractivity contribution is 0.311. The van der Waals surface area contributed by atoms with Crippen LogP contribution in [0.15, 0.2) is 18.2 Å². The lowest BCUT2D eigenvalue weighted by Crippen LogP contribution is -2.26. The molecule has 0 aliphatic rings.